The summed E-state index contributed by atoms with van der Waals surface area (Å²) in [4.78, 5) is 0. The van der Waals surface area contributed by atoms with E-state index >= 15 is 0 Å². The van der Waals surface area contributed by atoms with Gasteiger partial charge in [-0.05, 0) is 61.6 Å². The van der Waals surface area contributed by atoms with Crippen LogP contribution in [0.3, 0.4) is 0 Å². The Labute approximate surface area is 116 Å². The van der Waals surface area contributed by atoms with Crippen LogP contribution in [0, 0.1) is 17.8 Å². The molecular formula is C16H24ClN. The van der Waals surface area contributed by atoms with E-state index in [0.717, 1.165) is 16.9 Å². The average molecular weight is 266 g/mol. The van der Waals surface area contributed by atoms with Crippen molar-refractivity contribution >= 4 is 11.6 Å². The first-order valence-corrected chi connectivity index (χ1v) is 7.32. The van der Waals surface area contributed by atoms with Gasteiger partial charge in [-0.15, -0.1) is 0 Å². The molecule has 0 bridgehead atoms. The fourth-order valence-corrected chi connectivity index (χ4v) is 3.61. The molecule has 100 valence electrons. The third-order valence-corrected chi connectivity index (χ3v) is 4.74. The predicted octanol–water partition coefficient (Wildman–Crippen LogP) is 4.59. The molecule has 0 aliphatic heterocycles. The summed E-state index contributed by atoms with van der Waals surface area (Å²) >= 11 is 5.95. The summed E-state index contributed by atoms with van der Waals surface area (Å²) in [5, 5.41) is 0.778. The van der Waals surface area contributed by atoms with Crippen LogP contribution in [0.2, 0.25) is 5.02 Å². The van der Waals surface area contributed by atoms with Crippen LogP contribution < -0.4 is 5.73 Å². The van der Waals surface area contributed by atoms with E-state index < -0.39 is 0 Å². The van der Waals surface area contributed by atoms with Crippen LogP contribution >= 0.6 is 11.6 Å². The molecule has 1 nitrogen and oxygen atoms in total. The summed E-state index contributed by atoms with van der Waals surface area (Å²) in [6.45, 7) is 6.87. The third kappa shape index (κ3) is 2.89. The van der Waals surface area contributed by atoms with Crippen LogP contribution in [0.4, 0.5) is 0 Å². The zero-order valence-corrected chi connectivity index (χ0v) is 12.4. The van der Waals surface area contributed by atoms with Gasteiger partial charge in [0, 0.05) is 10.6 Å². The Morgan fingerprint density at radius 3 is 2.06 bits per heavy atom. The van der Waals surface area contributed by atoms with Gasteiger partial charge in [0.25, 0.3) is 0 Å². The summed E-state index contributed by atoms with van der Waals surface area (Å²) in [6, 6.07) is 8.04. The molecule has 3 unspecified atom stereocenters. The highest BCUT2D eigenvalue weighted by Gasteiger charge is 2.36. The minimum absolute atomic E-state index is 0.243. The molecule has 1 aromatic rings. The lowest BCUT2D eigenvalue weighted by atomic mass is 9.67. The molecular weight excluding hydrogens is 242 g/mol. The molecule has 2 N–H and O–H groups in total. The zero-order chi connectivity index (χ0) is 13.3. The first-order chi connectivity index (χ1) is 8.39. The summed E-state index contributed by atoms with van der Waals surface area (Å²) in [6.07, 6.45) is 3.81. The van der Waals surface area contributed by atoms with E-state index in [0.29, 0.717) is 5.92 Å². The first kappa shape index (κ1) is 13.9. The van der Waals surface area contributed by atoms with Gasteiger partial charge in [-0.1, -0.05) is 37.6 Å². The molecule has 1 aromatic carbocycles. The Bertz CT molecular complexity index is 386. The number of hydrogen-bond acceptors (Lipinski definition) is 1. The lowest BCUT2D eigenvalue weighted by Gasteiger charge is -2.41. The van der Waals surface area contributed by atoms with Crippen LogP contribution in [0.15, 0.2) is 24.3 Å². The van der Waals surface area contributed by atoms with E-state index in [1.807, 2.05) is 12.1 Å². The summed E-state index contributed by atoms with van der Waals surface area (Å²) in [5.41, 5.74) is 7.61. The van der Waals surface area contributed by atoms with Crippen molar-refractivity contribution in [2.45, 2.75) is 45.6 Å². The second kappa shape index (κ2) is 5.22. The summed E-state index contributed by atoms with van der Waals surface area (Å²) < 4.78 is 0. The third-order valence-electron chi connectivity index (χ3n) is 4.49. The van der Waals surface area contributed by atoms with Crippen molar-refractivity contribution in [2.24, 2.45) is 23.5 Å². The van der Waals surface area contributed by atoms with Crippen molar-refractivity contribution < 1.29 is 0 Å². The maximum absolute atomic E-state index is 6.64. The molecule has 1 aliphatic carbocycles. The molecule has 2 rings (SSSR count). The Morgan fingerprint density at radius 1 is 1.06 bits per heavy atom. The van der Waals surface area contributed by atoms with Crippen LogP contribution in [0.1, 0.15) is 45.6 Å². The predicted molar refractivity (Wildman–Crippen MR) is 78.7 cm³/mol. The largest absolute Gasteiger partial charge is 0.321 e. The lowest BCUT2D eigenvalue weighted by Crippen LogP contribution is -2.44. The van der Waals surface area contributed by atoms with Crippen molar-refractivity contribution in [1.29, 1.82) is 0 Å². The van der Waals surface area contributed by atoms with Gasteiger partial charge in [0.05, 0.1) is 0 Å². The lowest BCUT2D eigenvalue weighted by molar-refractivity contribution is 0.145. The maximum atomic E-state index is 6.64. The normalized spacial score (nSPS) is 31.9. The Hall–Kier alpha value is -0.530. The van der Waals surface area contributed by atoms with Crippen molar-refractivity contribution in [3.63, 3.8) is 0 Å². The van der Waals surface area contributed by atoms with Gasteiger partial charge in [0.15, 0.2) is 0 Å². The molecule has 0 spiro atoms. The highest BCUT2D eigenvalue weighted by Crippen LogP contribution is 2.41. The molecule has 0 aromatic heterocycles. The van der Waals surface area contributed by atoms with Gasteiger partial charge < -0.3 is 5.73 Å². The minimum atomic E-state index is -0.243. The fourth-order valence-electron chi connectivity index (χ4n) is 3.48. The molecule has 2 heteroatoms. The second-order valence-corrected chi connectivity index (χ2v) is 6.84. The van der Waals surface area contributed by atoms with Gasteiger partial charge in [-0.25, -0.2) is 0 Å². The highest BCUT2D eigenvalue weighted by atomic mass is 35.5. The SMILES string of the molecule is CC1CC(C)CC(C(C)(N)c2ccc(Cl)cc2)C1. The zero-order valence-electron chi connectivity index (χ0n) is 11.6. The molecule has 0 heterocycles. The Morgan fingerprint density at radius 2 is 1.56 bits per heavy atom. The van der Waals surface area contributed by atoms with Crippen molar-refractivity contribution in [3.8, 4) is 0 Å². The molecule has 1 aliphatic rings. The Kier molecular flexibility index (Phi) is 4.03. The monoisotopic (exact) mass is 265 g/mol. The maximum Gasteiger partial charge on any atom is 0.0409 e. The summed E-state index contributed by atoms with van der Waals surface area (Å²) in [7, 11) is 0. The van der Waals surface area contributed by atoms with E-state index in [1.165, 1.54) is 24.8 Å². The van der Waals surface area contributed by atoms with E-state index in [-0.39, 0.29) is 5.54 Å². The van der Waals surface area contributed by atoms with Crippen LogP contribution in [-0.2, 0) is 5.54 Å². The topological polar surface area (TPSA) is 26.0 Å². The minimum Gasteiger partial charge on any atom is -0.321 e. The quantitative estimate of drug-likeness (QED) is 0.832. The fraction of sp³-hybridized carbons (Fsp3) is 0.625. The van der Waals surface area contributed by atoms with Gasteiger partial charge in [-0.3, -0.25) is 0 Å². The second-order valence-electron chi connectivity index (χ2n) is 6.40. The molecule has 0 radical (unpaired) electrons. The van der Waals surface area contributed by atoms with Crippen molar-refractivity contribution in [1.82, 2.24) is 0 Å². The Balaban J connectivity index is 2.21. The number of benzene rings is 1. The molecule has 0 saturated heterocycles. The van der Waals surface area contributed by atoms with E-state index in [4.69, 9.17) is 17.3 Å². The van der Waals surface area contributed by atoms with Gasteiger partial charge in [0.1, 0.15) is 0 Å². The summed E-state index contributed by atoms with van der Waals surface area (Å²) in [5.74, 6) is 2.14. The van der Waals surface area contributed by atoms with Gasteiger partial charge >= 0.3 is 0 Å². The van der Waals surface area contributed by atoms with E-state index in [1.54, 1.807) is 0 Å². The van der Waals surface area contributed by atoms with Crippen LogP contribution in [0.5, 0.6) is 0 Å². The van der Waals surface area contributed by atoms with Gasteiger partial charge in [0.2, 0.25) is 0 Å². The number of hydrogen-bond donors (Lipinski definition) is 1. The van der Waals surface area contributed by atoms with E-state index in [2.05, 4.69) is 32.9 Å². The van der Waals surface area contributed by atoms with Gasteiger partial charge in [-0.2, -0.15) is 0 Å². The molecule has 18 heavy (non-hydrogen) atoms. The number of rotatable bonds is 2. The smallest absolute Gasteiger partial charge is 0.0409 e. The number of halogens is 1. The first-order valence-electron chi connectivity index (χ1n) is 6.94. The van der Waals surface area contributed by atoms with Crippen molar-refractivity contribution in [3.05, 3.63) is 34.9 Å². The average Bonchev–Trinajstić information content (AvgIpc) is 2.28. The van der Waals surface area contributed by atoms with Crippen LogP contribution in [0.25, 0.3) is 0 Å². The van der Waals surface area contributed by atoms with E-state index in [9.17, 15) is 0 Å². The van der Waals surface area contributed by atoms with Crippen LogP contribution in [-0.4, -0.2) is 0 Å². The van der Waals surface area contributed by atoms with Crippen molar-refractivity contribution in [2.75, 3.05) is 0 Å². The molecule has 1 saturated carbocycles. The standard InChI is InChI=1S/C16H24ClN/c1-11-8-12(2)10-14(9-11)16(3,18)13-4-6-15(17)7-5-13/h4-7,11-12,14H,8-10,18H2,1-3H3. The molecule has 1 fully saturated rings. The highest BCUT2D eigenvalue weighted by molar-refractivity contribution is 6.30. The number of nitrogens with two attached hydrogens (primary N) is 1. The molecule has 0 amide bonds. The molecule has 3 atom stereocenters.